The van der Waals surface area contributed by atoms with Gasteiger partial charge in [-0.25, -0.2) is 13.6 Å². The number of carbonyl (C=O) groups excluding carboxylic acids is 1. The van der Waals surface area contributed by atoms with E-state index in [-0.39, 0.29) is 10.8 Å². The van der Waals surface area contributed by atoms with Crippen LogP contribution in [0.4, 0.5) is 5.69 Å². The Morgan fingerprint density at radius 3 is 2.60 bits per heavy atom. The van der Waals surface area contributed by atoms with Gasteiger partial charge < -0.3 is 10.3 Å². The number of hydrogen-bond acceptors (Lipinski definition) is 3. The van der Waals surface area contributed by atoms with Gasteiger partial charge in [0.15, 0.2) is 0 Å². The van der Waals surface area contributed by atoms with Crippen molar-refractivity contribution in [3.8, 4) is 0 Å². The molecule has 7 heteroatoms. The second-order valence-corrected chi connectivity index (χ2v) is 7.54. The van der Waals surface area contributed by atoms with Crippen molar-refractivity contribution in [1.82, 2.24) is 4.98 Å². The van der Waals surface area contributed by atoms with Gasteiger partial charge >= 0.3 is 0 Å². The first-order chi connectivity index (χ1) is 11.8. The third kappa shape index (κ3) is 2.54. The first-order valence-corrected chi connectivity index (χ1v) is 9.17. The number of para-hydroxylation sites is 1. The van der Waals surface area contributed by atoms with Crippen molar-refractivity contribution in [1.29, 1.82) is 0 Å². The van der Waals surface area contributed by atoms with Crippen molar-refractivity contribution in [2.75, 3.05) is 5.32 Å². The Morgan fingerprint density at radius 1 is 1.12 bits per heavy atom. The van der Waals surface area contributed by atoms with Gasteiger partial charge in [0.2, 0.25) is 10.0 Å². The second kappa shape index (κ2) is 5.30. The van der Waals surface area contributed by atoms with Gasteiger partial charge in [-0.2, -0.15) is 0 Å². The van der Waals surface area contributed by atoms with Gasteiger partial charge in [-0.15, -0.1) is 0 Å². The Kier molecular flexibility index (Phi) is 3.31. The van der Waals surface area contributed by atoms with Gasteiger partial charge in [0.05, 0.1) is 10.5 Å². The van der Waals surface area contributed by atoms with Crippen LogP contribution in [0.3, 0.4) is 0 Å². The summed E-state index contributed by atoms with van der Waals surface area (Å²) in [5, 5.41) is 9.02. The molecule has 0 unspecified atom stereocenters. The van der Waals surface area contributed by atoms with Crippen molar-refractivity contribution >= 4 is 44.2 Å². The Labute approximate surface area is 144 Å². The molecular formula is C18H15N3O3S. The Balaban J connectivity index is 1.90. The van der Waals surface area contributed by atoms with Crippen LogP contribution in [-0.2, 0) is 14.8 Å². The number of sulfonamides is 1. The van der Waals surface area contributed by atoms with E-state index < -0.39 is 10.0 Å². The summed E-state index contributed by atoms with van der Waals surface area (Å²) in [6.45, 7) is 1.97. The molecule has 1 aliphatic heterocycles. The molecule has 3 aromatic rings. The van der Waals surface area contributed by atoms with Crippen LogP contribution in [0.5, 0.6) is 0 Å². The van der Waals surface area contributed by atoms with E-state index in [2.05, 4.69) is 10.3 Å². The summed E-state index contributed by atoms with van der Waals surface area (Å²) >= 11 is 0. The van der Waals surface area contributed by atoms with Gasteiger partial charge in [0, 0.05) is 27.8 Å². The summed E-state index contributed by atoms with van der Waals surface area (Å²) in [6.07, 6.45) is 1.74. The number of aromatic nitrogens is 1. The van der Waals surface area contributed by atoms with E-state index in [0.29, 0.717) is 16.8 Å². The van der Waals surface area contributed by atoms with E-state index in [1.54, 1.807) is 12.1 Å². The number of nitrogens with one attached hydrogen (secondary N) is 2. The molecule has 25 heavy (non-hydrogen) atoms. The van der Waals surface area contributed by atoms with E-state index in [0.717, 1.165) is 22.2 Å². The maximum atomic E-state index is 12.3. The minimum absolute atomic E-state index is 0.0259. The molecule has 1 amide bonds. The monoisotopic (exact) mass is 353 g/mol. The van der Waals surface area contributed by atoms with Crippen molar-refractivity contribution in [3.05, 3.63) is 59.3 Å². The molecule has 0 spiro atoms. The number of rotatable bonds is 2. The summed E-state index contributed by atoms with van der Waals surface area (Å²) in [7, 11) is -3.84. The molecule has 0 radical (unpaired) electrons. The maximum Gasteiger partial charge on any atom is 0.256 e. The fourth-order valence-corrected chi connectivity index (χ4v) is 3.62. The topological polar surface area (TPSA) is 105 Å². The summed E-state index contributed by atoms with van der Waals surface area (Å²) in [4.78, 5) is 15.6. The summed E-state index contributed by atoms with van der Waals surface area (Å²) < 4.78 is 23.2. The summed E-state index contributed by atoms with van der Waals surface area (Å²) in [5.41, 5.74) is 4.29. The zero-order chi connectivity index (χ0) is 17.8. The van der Waals surface area contributed by atoms with E-state index in [1.807, 2.05) is 31.2 Å². The smallest absolute Gasteiger partial charge is 0.256 e. The highest BCUT2D eigenvalue weighted by molar-refractivity contribution is 7.89. The molecule has 4 N–H and O–H groups in total. The first kappa shape index (κ1) is 15.6. The lowest BCUT2D eigenvalue weighted by Gasteiger charge is -2.02. The number of fused-ring (bicyclic) bond motifs is 2. The fraction of sp³-hybridized carbons (Fsp3) is 0.0556. The van der Waals surface area contributed by atoms with Gasteiger partial charge in [0.25, 0.3) is 5.91 Å². The number of benzene rings is 2. The molecule has 126 valence electrons. The van der Waals surface area contributed by atoms with Crippen LogP contribution in [-0.4, -0.2) is 19.3 Å². The lowest BCUT2D eigenvalue weighted by molar-refractivity contribution is -0.110. The molecule has 0 atom stereocenters. The molecule has 0 fully saturated rings. The van der Waals surface area contributed by atoms with Gasteiger partial charge in [0.1, 0.15) is 0 Å². The number of nitrogens with two attached hydrogens (primary N) is 1. The van der Waals surface area contributed by atoms with Gasteiger partial charge in [-0.1, -0.05) is 18.2 Å². The quantitative estimate of drug-likeness (QED) is 0.617. The van der Waals surface area contributed by atoms with Crippen LogP contribution >= 0.6 is 0 Å². The predicted molar refractivity (Wildman–Crippen MR) is 97.4 cm³/mol. The molecule has 2 heterocycles. The highest BCUT2D eigenvalue weighted by Crippen LogP contribution is 2.35. The third-order valence-electron chi connectivity index (χ3n) is 4.40. The van der Waals surface area contributed by atoms with Crippen molar-refractivity contribution in [3.63, 3.8) is 0 Å². The number of anilines is 1. The minimum atomic E-state index is -3.84. The van der Waals surface area contributed by atoms with Gasteiger partial charge in [-0.3, -0.25) is 4.79 Å². The van der Waals surface area contributed by atoms with Crippen LogP contribution in [0.25, 0.3) is 22.6 Å². The molecular weight excluding hydrogens is 338 g/mol. The van der Waals surface area contributed by atoms with Crippen LogP contribution in [0.15, 0.2) is 47.4 Å². The number of amides is 1. The number of primary sulfonamides is 1. The van der Waals surface area contributed by atoms with E-state index in [9.17, 15) is 13.2 Å². The van der Waals surface area contributed by atoms with Crippen molar-refractivity contribution in [2.45, 2.75) is 11.8 Å². The Morgan fingerprint density at radius 2 is 1.88 bits per heavy atom. The van der Waals surface area contributed by atoms with E-state index in [4.69, 9.17) is 5.14 Å². The number of aromatic amines is 1. The molecule has 0 saturated carbocycles. The first-order valence-electron chi connectivity index (χ1n) is 7.62. The standard InChI is InChI=1S/C18H15N3O3S/c1-10-12-4-2-3-5-15(12)20-17(10)9-14-13-8-11(25(19,23)24)6-7-16(13)21-18(14)22/h2-9,20H,1H3,(H,21,22)(H2,19,23,24). The van der Waals surface area contributed by atoms with Crippen LogP contribution in [0.1, 0.15) is 16.8 Å². The Bertz CT molecular complexity index is 1170. The molecule has 1 aromatic heterocycles. The van der Waals surface area contributed by atoms with Crippen LogP contribution in [0.2, 0.25) is 0 Å². The summed E-state index contributed by atoms with van der Waals surface area (Å²) in [6, 6.07) is 12.2. The molecule has 0 saturated heterocycles. The lowest BCUT2D eigenvalue weighted by Crippen LogP contribution is -2.12. The molecule has 0 bridgehead atoms. The highest BCUT2D eigenvalue weighted by Gasteiger charge is 2.26. The zero-order valence-electron chi connectivity index (χ0n) is 13.3. The molecule has 1 aliphatic rings. The van der Waals surface area contributed by atoms with Crippen LogP contribution in [0, 0.1) is 6.92 Å². The summed E-state index contributed by atoms with van der Waals surface area (Å²) in [5.74, 6) is -0.278. The normalized spacial score (nSPS) is 15.6. The van der Waals surface area contributed by atoms with Crippen molar-refractivity contribution < 1.29 is 13.2 Å². The van der Waals surface area contributed by atoms with E-state index >= 15 is 0 Å². The van der Waals surface area contributed by atoms with Crippen molar-refractivity contribution in [2.24, 2.45) is 5.14 Å². The average Bonchev–Trinajstić information content (AvgIpc) is 3.05. The second-order valence-electron chi connectivity index (χ2n) is 5.97. The number of aryl methyl sites for hydroxylation is 1. The Hall–Kier alpha value is -2.90. The van der Waals surface area contributed by atoms with Crippen LogP contribution < -0.4 is 10.5 Å². The number of H-pyrrole nitrogens is 1. The molecule has 6 nitrogen and oxygen atoms in total. The molecule has 2 aromatic carbocycles. The van der Waals surface area contributed by atoms with Gasteiger partial charge in [-0.05, 0) is 42.8 Å². The molecule has 0 aliphatic carbocycles. The lowest BCUT2D eigenvalue weighted by atomic mass is 10.0. The zero-order valence-corrected chi connectivity index (χ0v) is 14.1. The highest BCUT2D eigenvalue weighted by atomic mass is 32.2. The minimum Gasteiger partial charge on any atom is -0.355 e. The number of carbonyl (C=O) groups is 1. The average molecular weight is 353 g/mol. The third-order valence-corrected chi connectivity index (χ3v) is 5.31. The van der Waals surface area contributed by atoms with E-state index in [1.165, 1.54) is 12.1 Å². The fourth-order valence-electron chi connectivity index (χ4n) is 3.08. The number of hydrogen-bond donors (Lipinski definition) is 3. The largest absolute Gasteiger partial charge is 0.355 e. The SMILES string of the molecule is Cc1c(C=C2C(=O)Nc3ccc(S(N)(=O)=O)cc32)[nH]c2ccccc12. The molecule has 4 rings (SSSR count). The maximum absolute atomic E-state index is 12.3. The predicted octanol–water partition coefficient (Wildman–Crippen LogP) is 2.62.